The minimum absolute atomic E-state index is 0.0213. The van der Waals surface area contributed by atoms with Crippen LogP contribution in [0.25, 0.3) is 11.0 Å². The molecular formula is C47H53N11O7. The molecule has 2 saturated heterocycles. The smallest absolute Gasteiger partial charge is 0.270 e. The third-order valence-corrected chi connectivity index (χ3v) is 12.8. The summed E-state index contributed by atoms with van der Waals surface area (Å²) in [6, 6.07) is 14.3. The lowest BCUT2D eigenvalue weighted by molar-refractivity contribution is -0.136. The minimum Gasteiger partial charge on any atom is -0.493 e. The van der Waals surface area contributed by atoms with Crippen LogP contribution in [-0.4, -0.2) is 132 Å². The Balaban J connectivity index is 0.783. The Labute approximate surface area is 376 Å². The number of fused-ring (bicyclic) bond motifs is 2. The lowest BCUT2D eigenvalue weighted by Gasteiger charge is -2.35. The second kappa shape index (κ2) is 18.6. The second-order valence-electron chi connectivity index (χ2n) is 17.0. The van der Waals surface area contributed by atoms with E-state index >= 15 is 0 Å². The molecule has 65 heavy (non-hydrogen) atoms. The first kappa shape index (κ1) is 43.3. The van der Waals surface area contributed by atoms with Gasteiger partial charge in [0.05, 0.1) is 43.9 Å². The molecule has 18 nitrogen and oxygen atoms in total. The highest BCUT2D eigenvalue weighted by Gasteiger charge is 2.40. The number of ether oxygens (including phenoxy) is 3. The highest BCUT2D eigenvalue weighted by Crippen LogP contribution is 2.42. The number of benzene rings is 2. The number of anilines is 1. The molecule has 4 amide bonds. The summed E-state index contributed by atoms with van der Waals surface area (Å²) in [6.45, 7) is 4.68. The van der Waals surface area contributed by atoms with Crippen molar-refractivity contribution in [3.63, 3.8) is 0 Å². The van der Waals surface area contributed by atoms with Gasteiger partial charge in [-0.15, -0.1) is 0 Å². The number of aromatic nitrogens is 4. The van der Waals surface area contributed by atoms with Crippen LogP contribution < -0.4 is 24.4 Å². The van der Waals surface area contributed by atoms with Gasteiger partial charge in [-0.25, -0.2) is 9.97 Å². The number of carbonyl (C=O) groups excluding carboxylic acids is 4. The Hall–Kier alpha value is -6.95. The van der Waals surface area contributed by atoms with E-state index in [9.17, 15) is 19.2 Å². The van der Waals surface area contributed by atoms with Crippen LogP contribution in [-0.2, 0) is 22.6 Å². The van der Waals surface area contributed by atoms with Crippen LogP contribution in [0.4, 0.5) is 17.1 Å². The van der Waals surface area contributed by atoms with Crippen LogP contribution in [0.1, 0.15) is 82.5 Å². The van der Waals surface area contributed by atoms with Crippen molar-refractivity contribution in [2.45, 2.75) is 63.6 Å². The maximum atomic E-state index is 13.3. The molecule has 1 atom stereocenters. The van der Waals surface area contributed by atoms with Gasteiger partial charge >= 0.3 is 0 Å². The Morgan fingerprint density at radius 2 is 1.68 bits per heavy atom. The largest absolute Gasteiger partial charge is 0.493 e. The van der Waals surface area contributed by atoms with E-state index in [1.54, 1.807) is 63.5 Å². The number of azo groups is 1. The summed E-state index contributed by atoms with van der Waals surface area (Å²) in [6.07, 6.45) is 9.09. The fourth-order valence-corrected chi connectivity index (χ4v) is 9.27. The zero-order valence-electron chi connectivity index (χ0n) is 37.2. The highest BCUT2D eigenvalue weighted by atomic mass is 16.5. The number of amides is 4. The van der Waals surface area contributed by atoms with Gasteiger partial charge in [-0.1, -0.05) is 18.9 Å². The molecule has 1 N–H and O–H groups in total. The molecule has 3 aromatic heterocycles. The molecular weight excluding hydrogens is 831 g/mol. The molecule has 1 aliphatic carbocycles. The number of rotatable bonds is 14. The van der Waals surface area contributed by atoms with Gasteiger partial charge in [0.1, 0.15) is 29.8 Å². The number of piperazine rings is 1. The van der Waals surface area contributed by atoms with E-state index in [-0.39, 0.29) is 43.1 Å². The summed E-state index contributed by atoms with van der Waals surface area (Å²) in [5.74, 6) is 0.915. The highest BCUT2D eigenvalue weighted by molar-refractivity contribution is 6.06. The third kappa shape index (κ3) is 8.94. The summed E-state index contributed by atoms with van der Waals surface area (Å²) in [5.41, 5.74) is 5.51. The van der Waals surface area contributed by atoms with Gasteiger partial charge in [0.15, 0.2) is 11.5 Å². The zero-order valence-corrected chi connectivity index (χ0v) is 37.2. The first-order valence-electron chi connectivity index (χ1n) is 22.2. The number of nitrogens with zero attached hydrogens (tertiary/aromatic N) is 10. The molecule has 6 heterocycles. The van der Waals surface area contributed by atoms with E-state index in [4.69, 9.17) is 24.2 Å². The minimum atomic E-state index is -0.723. The zero-order chi connectivity index (χ0) is 45.2. The first-order chi connectivity index (χ1) is 31.6. The molecule has 2 aromatic carbocycles. The van der Waals surface area contributed by atoms with Gasteiger partial charge in [0.25, 0.3) is 11.8 Å². The molecule has 5 aromatic rings. The molecule has 338 valence electrons. The summed E-state index contributed by atoms with van der Waals surface area (Å²) in [4.78, 5) is 72.9. The van der Waals surface area contributed by atoms with Gasteiger partial charge in [-0.2, -0.15) is 10.2 Å². The first-order valence-corrected chi connectivity index (χ1v) is 22.2. The van der Waals surface area contributed by atoms with Crippen LogP contribution in [0.15, 0.2) is 71.2 Å². The molecule has 3 aliphatic heterocycles. The summed E-state index contributed by atoms with van der Waals surface area (Å²) in [7, 11) is 6.67. The van der Waals surface area contributed by atoms with Crippen LogP contribution in [0.5, 0.6) is 17.2 Å². The van der Waals surface area contributed by atoms with E-state index in [1.165, 1.54) is 4.90 Å². The van der Waals surface area contributed by atoms with E-state index in [0.29, 0.717) is 70.8 Å². The lowest BCUT2D eigenvalue weighted by atomic mass is 10.0. The average molecular weight is 884 g/mol. The molecule has 9 rings (SSSR count). The van der Waals surface area contributed by atoms with Crippen molar-refractivity contribution in [3.05, 3.63) is 89.3 Å². The summed E-state index contributed by atoms with van der Waals surface area (Å²) in [5, 5.41) is 12.2. The number of methoxy groups -OCH3 is 2. The van der Waals surface area contributed by atoms with Crippen molar-refractivity contribution in [2.24, 2.45) is 10.2 Å². The van der Waals surface area contributed by atoms with Gasteiger partial charge in [0, 0.05) is 106 Å². The normalized spacial score (nSPS) is 18.2. The van der Waals surface area contributed by atoms with Crippen molar-refractivity contribution in [2.75, 3.05) is 72.5 Å². The van der Waals surface area contributed by atoms with Crippen LogP contribution >= 0.6 is 0 Å². The Morgan fingerprint density at radius 3 is 2.37 bits per heavy atom. The molecule has 18 heteroatoms. The number of pyridine rings is 1. The van der Waals surface area contributed by atoms with Gasteiger partial charge in [-0.3, -0.25) is 34.4 Å². The Bertz CT molecular complexity index is 2630. The Kier molecular flexibility index (Phi) is 12.4. The van der Waals surface area contributed by atoms with Crippen molar-refractivity contribution in [1.29, 1.82) is 0 Å². The number of hydrogen-bond acceptors (Lipinski definition) is 14. The van der Waals surface area contributed by atoms with Crippen LogP contribution in [0.3, 0.4) is 0 Å². The molecule has 4 aliphatic rings. The predicted octanol–water partition coefficient (Wildman–Crippen LogP) is 5.63. The molecule has 0 bridgehead atoms. The molecule has 0 spiro atoms. The van der Waals surface area contributed by atoms with Crippen molar-refractivity contribution in [1.82, 2.24) is 39.5 Å². The standard InChI is InChI=1S/C47H53N11O7/c1-54(2)47(62)38-22-29-26-49-41(50-44(29)58(38)32-8-5-6-9-32)25-30-12-13-33(27-48-30)56-18-16-55(17-19-56)20-21-65-43-39(63-3)23-31(24-40(43)64-4)52-53-36-11-7-10-34-35(36)28-57(46(34)61)37-14-15-42(59)51-45(37)60/h7,10-13,22-24,26-27,32,37H,5-6,8-9,14-21,25,28H2,1-4H3,(H,51,59,60). The fourth-order valence-electron chi connectivity index (χ4n) is 9.27. The number of carbonyl (C=O) groups is 4. The van der Waals surface area contributed by atoms with Crippen molar-refractivity contribution >= 4 is 51.7 Å². The lowest BCUT2D eigenvalue weighted by Crippen LogP contribution is -2.52. The second-order valence-corrected chi connectivity index (χ2v) is 17.0. The maximum Gasteiger partial charge on any atom is 0.270 e. The van der Waals surface area contributed by atoms with Crippen LogP contribution in [0.2, 0.25) is 0 Å². The summed E-state index contributed by atoms with van der Waals surface area (Å²) < 4.78 is 19.8. The van der Waals surface area contributed by atoms with Gasteiger partial charge in [0.2, 0.25) is 17.6 Å². The summed E-state index contributed by atoms with van der Waals surface area (Å²) >= 11 is 0. The van der Waals surface area contributed by atoms with E-state index in [1.807, 2.05) is 24.5 Å². The van der Waals surface area contributed by atoms with E-state index < -0.39 is 11.9 Å². The predicted molar refractivity (Wildman–Crippen MR) is 240 cm³/mol. The maximum absolute atomic E-state index is 13.3. The van der Waals surface area contributed by atoms with Crippen molar-refractivity contribution in [3.8, 4) is 17.2 Å². The number of piperidine rings is 1. The number of hydrogen-bond donors (Lipinski definition) is 1. The average Bonchev–Trinajstić information content (AvgIpc) is 4.07. The van der Waals surface area contributed by atoms with E-state index in [0.717, 1.165) is 74.3 Å². The Morgan fingerprint density at radius 1 is 0.908 bits per heavy atom. The molecule has 0 radical (unpaired) electrons. The topological polar surface area (TPSA) is 189 Å². The molecule has 1 unspecified atom stereocenters. The molecule has 1 saturated carbocycles. The monoisotopic (exact) mass is 883 g/mol. The van der Waals surface area contributed by atoms with Crippen molar-refractivity contribution < 1.29 is 33.4 Å². The van der Waals surface area contributed by atoms with E-state index in [2.05, 4.69) is 41.0 Å². The van der Waals surface area contributed by atoms with Gasteiger partial charge < -0.3 is 33.5 Å². The number of nitrogens with one attached hydrogen (secondary N) is 1. The van der Waals surface area contributed by atoms with Gasteiger partial charge in [-0.05, 0) is 49.6 Å². The van der Waals surface area contributed by atoms with Crippen LogP contribution in [0, 0.1) is 0 Å². The third-order valence-electron chi connectivity index (χ3n) is 12.8. The fraction of sp³-hybridized carbons (Fsp3) is 0.426. The SMILES string of the molecule is COc1cc(N=Nc2cccc3c2CN(C2CCC(=O)NC2=O)C3=O)cc(OC)c1OCCN1CCN(c2ccc(Cc3ncc4cc(C(=O)N(C)C)n(C5CCCC5)c4n3)nc2)CC1. The number of imide groups is 1. The quantitative estimate of drug-likeness (QED) is 0.107. The molecule has 3 fully saturated rings.